The van der Waals surface area contributed by atoms with Gasteiger partial charge in [0.1, 0.15) is 0 Å². The minimum absolute atomic E-state index is 0.144. The van der Waals surface area contributed by atoms with Gasteiger partial charge in [0.2, 0.25) is 5.91 Å². The molecule has 0 radical (unpaired) electrons. The van der Waals surface area contributed by atoms with Gasteiger partial charge in [0.05, 0.1) is 12.3 Å². The maximum atomic E-state index is 12.6. The number of imide groups is 1. The average Bonchev–Trinajstić information content (AvgIpc) is 3.07. The number of halogens is 1. The van der Waals surface area contributed by atoms with Gasteiger partial charge in [-0.15, -0.1) is 0 Å². The van der Waals surface area contributed by atoms with Crippen molar-refractivity contribution >= 4 is 51.9 Å². The standard InChI is InChI=1S/C21H21ClN4O3S/c22-16-2-1-3-18(12-16)24-8-10-25(11-9-24)20(28)23-17-6-4-15(5-7-17)13-26-19(27)14-30-21(26)29/h1-7,12H,8-11,13-14H2,(H,23,28). The lowest BCUT2D eigenvalue weighted by molar-refractivity contribution is -0.125. The second kappa shape index (κ2) is 8.97. The number of hydrogen-bond donors (Lipinski definition) is 1. The Morgan fingerprint density at radius 3 is 2.40 bits per heavy atom. The summed E-state index contributed by atoms with van der Waals surface area (Å²) in [6.45, 7) is 2.97. The number of nitrogens with zero attached hydrogens (tertiary/aromatic N) is 3. The Balaban J connectivity index is 1.29. The molecule has 7 nitrogen and oxygen atoms in total. The normalized spacial score (nSPS) is 16.9. The van der Waals surface area contributed by atoms with E-state index in [-0.39, 0.29) is 29.5 Å². The highest BCUT2D eigenvalue weighted by Crippen LogP contribution is 2.23. The van der Waals surface area contributed by atoms with Crippen molar-refractivity contribution < 1.29 is 14.4 Å². The van der Waals surface area contributed by atoms with Gasteiger partial charge in [0.15, 0.2) is 0 Å². The van der Waals surface area contributed by atoms with Crippen molar-refractivity contribution in [3.63, 3.8) is 0 Å². The molecule has 2 saturated heterocycles. The van der Waals surface area contributed by atoms with Gasteiger partial charge in [-0.1, -0.05) is 41.6 Å². The van der Waals surface area contributed by atoms with E-state index >= 15 is 0 Å². The summed E-state index contributed by atoms with van der Waals surface area (Å²) in [6.07, 6.45) is 0. The number of nitrogens with one attached hydrogen (secondary N) is 1. The van der Waals surface area contributed by atoms with E-state index in [1.54, 1.807) is 17.0 Å². The predicted molar refractivity (Wildman–Crippen MR) is 119 cm³/mol. The summed E-state index contributed by atoms with van der Waals surface area (Å²) in [5.74, 6) is 0.0386. The number of thioether (sulfide) groups is 1. The monoisotopic (exact) mass is 444 g/mol. The summed E-state index contributed by atoms with van der Waals surface area (Å²) in [5, 5.41) is 3.40. The Morgan fingerprint density at radius 2 is 1.77 bits per heavy atom. The van der Waals surface area contributed by atoms with Gasteiger partial charge in [-0.25, -0.2) is 4.79 Å². The van der Waals surface area contributed by atoms with E-state index in [9.17, 15) is 14.4 Å². The fraction of sp³-hybridized carbons (Fsp3) is 0.286. The second-order valence-corrected chi connectivity index (χ2v) is 8.48. The van der Waals surface area contributed by atoms with Crippen LogP contribution in [-0.4, -0.2) is 58.9 Å². The van der Waals surface area contributed by atoms with E-state index < -0.39 is 0 Å². The minimum atomic E-state index is -0.214. The molecule has 2 fully saturated rings. The molecule has 2 aliphatic rings. The molecule has 4 amide bonds. The Labute approximate surface area is 184 Å². The van der Waals surface area contributed by atoms with E-state index in [4.69, 9.17) is 11.6 Å². The molecule has 2 heterocycles. The number of anilines is 2. The van der Waals surface area contributed by atoms with Gasteiger partial charge in [-0.3, -0.25) is 14.5 Å². The Morgan fingerprint density at radius 1 is 1.03 bits per heavy atom. The van der Waals surface area contributed by atoms with Crippen LogP contribution in [0.15, 0.2) is 48.5 Å². The third kappa shape index (κ3) is 4.71. The van der Waals surface area contributed by atoms with Gasteiger partial charge in [0.25, 0.3) is 5.24 Å². The Hall–Kier alpha value is -2.71. The van der Waals surface area contributed by atoms with E-state index in [2.05, 4.69) is 10.2 Å². The molecule has 0 saturated carbocycles. The molecule has 2 aromatic carbocycles. The molecule has 0 bridgehead atoms. The molecule has 0 atom stereocenters. The Kier molecular flexibility index (Phi) is 6.15. The summed E-state index contributed by atoms with van der Waals surface area (Å²) < 4.78 is 0. The molecule has 0 unspecified atom stereocenters. The van der Waals surface area contributed by atoms with Crippen molar-refractivity contribution in [2.45, 2.75) is 6.54 Å². The van der Waals surface area contributed by atoms with E-state index in [1.165, 1.54) is 4.90 Å². The van der Waals surface area contributed by atoms with Crippen LogP contribution in [0.1, 0.15) is 5.56 Å². The topological polar surface area (TPSA) is 73.0 Å². The number of amides is 4. The van der Waals surface area contributed by atoms with Gasteiger partial charge in [-0.2, -0.15) is 0 Å². The van der Waals surface area contributed by atoms with Crippen LogP contribution in [0.25, 0.3) is 0 Å². The quantitative estimate of drug-likeness (QED) is 0.774. The van der Waals surface area contributed by atoms with E-state index in [0.29, 0.717) is 23.8 Å². The zero-order chi connectivity index (χ0) is 21.1. The average molecular weight is 445 g/mol. The number of carbonyl (C=O) groups is 3. The first kappa shape index (κ1) is 20.6. The van der Waals surface area contributed by atoms with Crippen molar-refractivity contribution in [1.29, 1.82) is 0 Å². The molecule has 9 heteroatoms. The molecular formula is C21H21ClN4O3S. The summed E-state index contributed by atoms with van der Waals surface area (Å²) in [6, 6.07) is 14.8. The summed E-state index contributed by atoms with van der Waals surface area (Å²) in [4.78, 5) is 41.3. The van der Waals surface area contributed by atoms with E-state index in [1.807, 2.05) is 36.4 Å². The first-order chi connectivity index (χ1) is 14.5. The van der Waals surface area contributed by atoms with Crippen molar-refractivity contribution in [3.05, 3.63) is 59.1 Å². The van der Waals surface area contributed by atoms with E-state index in [0.717, 1.165) is 36.1 Å². The third-order valence-electron chi connectivity index (χ3n) is 5.13. The Bertz CT molecular complexity index is 945. The summed E-state index contributed by atoms with van der Waals surface area (Å²) in [7, 11) is 0. The number of hydrogen-bond acceptors (Lipinski definition) is 5. The molecule has 2 aromatic rings. The van der Waals surface area contributed by atoms with Crippen LogP contribution in [0.4, 0.5) is 21.0 Å². The molecule has 1 N–H and O–H groups in total. The fourth-order valence-corrected chi connectivity index (χ4v) is 4.36. The smallest absolute Gasteiger partial charge is 0.321 e. The molecule has 2 aliphatic heterocycles. The third-order valence-corrected chi connectivity index (χ3v) is 6.22. The summed E-state index contributed by atoms with van der Waals surface area (Å²) in [5.41, 5.74) is 2.58. The van der Waals surface area contributed by atoms with Crippen LogP contribution in [0.2, 0.25) is 5.02 Å². The van der Waals surface area contributed by atoms with Crippen LogP contribution in [-0.2, 0) is 11.3 Å². The fourth-order valence-electron chi connectivity index (χ4n) is 3.45. The first-order valence-electron chi connectivity index (χ1n) is 9.62. The van der Waals surface area contributed by atoms with Crippen molar-refractivity contribution in [1.82, 2.24) is 9.80 Å². The number of carbonyl (C=O) groups excluding carboxylic acids is 3. The zero-order valence-electron chi connectivity index (χ0n) is 16.2. The maximum Gasteiger partial charge on any atom is 0.321 e. The van der Waals surface area contributed by atoms with Crippen molar-refractivity contribution in [2.24, 2.45) is 0 Å². The van der Waals surface area contributed by atoms with Crippen molar-refractivity contribution in [2.75, 3.05) is 42.1 Å². The SMILES string of the molecule is O=C(Nc1ccc(CN2C(=O)CSC2=O)cc1)N1CCN(c2cccc(Cl)c2)CC1. The molecule has 0 aliphatic carbocycles. The molecule has 30 heavy (non-hydrogen) atoms. The van der Waals surface area contributed by atoms with Gasteiger partial charge in [0, 0.05) is 42.6 Å². The second-order valence-electron chi connectivity index (χ2n) is 7.12. The first-order valence-corrected chi connectivity index (χ1v) is 11.0. The molecule has 0 spiro atoms. The maximum absolute atomic E-state index is 12.6. The number of piperazine rings is 1. The number of urea groups is 1. The lowest BCUT2D eigenvalue weighted by atomic mass is 10.2. The highest BCUT2D eigenvalue weighted by Gasteiger charge is 2.29. The van der Waals surface area contributed by atoms with Crippen molar-refractivity contribution in [3.8, 4) is 0 Å². The number of benzene rings is 2. The number of rotatable bonds is 4. The van der Waals surface area contributed by atoms with Crippen LogP contribution in [0, 0.1) is 0 Å². The highest BCUT2D eigenvalue weighted by atomic mass is 35.5. The lowest BCUT2D eigenvalue weighted by Gasteiger charge is -2.36. The molecule has 156 valence electrons. The van der Waals surface area contributed by atoms with Crippen LogP contribution in [0.5, 0.6) is 0 Å². The minimum Gasteiger partial charge on any atom is -0.368 e. The van der Waals surface area contributed by atoms with Gasteiger partial charge >= 0.3 is 6.03 Å². The van der Waals surface area contributed by atoms with Crippen LogP contribution >= 0.6 is 23.4 Å². The van der Waals surface area contributed by atoms with Crippen LogP contribution < -0.4 is 10.2 Å². The molecular weight excluding hydrogens is 424 g/mol. The molecule has 0 aromatic heterocycles. The summed E-state index contributed by atoms with van der Waals surface area (Å²) >= 11 is 7.09. The van der Waals surface area contributed by atoms with Gasteiger partial charge in [-0.05, 0) is 35.9 Å². The zero-order valence-corrected chi connectivity index (χ0v) is 17.8. The molecule has 4 rings (SSSR count). The largest absolute Gasteiger partial charge is 0.368 e. The van der Waals surface area contributed by atoms with Crippen LogP contribution in [0.3, 0.4) is 0 Å². The predicted octanol–water partition coefficient (Wildman–Crippen LogP) is 3.89. The van der Waals surface area contributed by atoms with Gasteiger partial charge < -0.3 is 15.1 Å². The highest BCUT2D eigenvalue weighted by molar-refractivity contribution is 8.14. The lowest BCUT2D eigenvalue weighted by Crippen LogP contribution is -2.50.